The lowest BCUT2D eigenvalue weighted by atomic mass is 10.2. The van der Waals surface area contributed by atoms with Crippen molar-refractivity contribution in [1.29, 1.82) is 5.26 Å². The molecule has 1 aliphatic rings. The van der Waals surface area contributed by atoms with Gasteiger partial charge in [0.05, 0.1) is 5.69 Å². The summed E-state index contributed by atoms with van der Waals surface area (Å²) in [7, 11) is 0. The van der Waals surface area contributed by atoms with Gasteiger partial charge in [-0.1, -0.05) is 6.92 Å². The maximum Gasteiger partial charge on any atom is 0.133 e. The molecule has 2 aromatic rings. The Morgan fingerprint density at radius 2 is 1.76 bits per heavy atom. The van der Waals surface area contributed by atoms with Crippen molar-refractivity contribution in [3.8, 4) is 6.07 Å². The van der Waals surface area contributed by atoms with Crippen molar-refractivity contribution in [3.63, 3.8) is 0 Å². The number of benzene rings is 1. The van der Waals surface area contributed by atoms with Crippen LogP contribution < -0.4 is 15.5 Å². The Kier molecular flexibility index (Phi) is 4.84. The lowest BCUT2D eigenvalue weighted by Gasteiger charge is -2.38. The lowest BCUT2D eigenvalue weighted by Crippen LogP contribution is -2.47. The summed E-state index contributed by atoms with van der Waals surface area (Å²) in [6.45, 7) is 7.51. The second-order valence-corrected chi connectivity index (χ2v) is 6.50. The van der Waals surface area contributed by atoms with Gasteiger partial charge >= 0.3 is 0 Å². The van der Waals surface area contributed by atoms with Crippen molar-refractivity contribution in [2.45, 2.75) is 26.3 Å². The van der Waals surface area contributed by atoms with Crippen LogP contribution in [0.4, 0.5) is 21.6 Å². The molecule has 2 heterocycles. The van der Waals surface area contributed by atoms with E-state index in [1.165, 1.54) is 12.1 Å². The highest BCUT2D eigenvalue weighted by Gasteiger charge is 2.25. The molecule has 6 heteroatoms. The Labute approximate surface area is 148 Å². The molecule has 0 spiro atoms. The molecule has 2 N–H and O–H groups in total. The molecular weight excluding hydrogens is 317 g/mol. The van der Waals surface area contributed by atoms with Crippen molar-refractivity contribution in [2.75, 3.05) is 41.7 Å². The Balaban J connectivity index is 1.80. The minimum absolute atomic E-state index is 0.217. The molecule has 0 aliphatic carbocycles. The van der Waals surface area contributed by atoms with Gasteiger partial charge in [0.25, 0.3) is 0 Å². The van der Waals surface area contributed by atoms with Gasteiger partial charge in [0.2, 0.25) is 0 Å². The van der Waals surface area contributed by atoms with E-state index in [0.29, 0.717) is 11.4 Å². The fourth-order valence-corrected chi connectivity index (χ4v) is 3.41. The van der Waals surface area contributed by atoms with Crippen LogP contribution in [0.2, 0.25) is 0 Å². The third-order valence-corrected chi connectivity index (χ3v) is 4.96. The number of rotatable bonds is 4. The predicted octanol–water partition coefficient (Wildman–Crippen LogP) is 3.38. The van der Waals surface area contributed by atoms with Gasteiger partial charge in [-0.25, -0.2) is 4.39 Å². The molecule has 0 bridgehead atoms. The Hall–Kier alpha value is -2.68. The molecule has 3 rings (SSSR count). The van der Waals surface area contributed by atoms with Gasteiger partial charge in [-0.3, -0.25) is 0 Å². The number of piperazine rings is 1. The van der Waals surface area contributed by atoms with Gasteiger partial charge in [0.1, 0.15) is 23.4 Å². The minimum atomic E-state index is -0.217. The molecule has 1 saturated heterocycles. The van der Waals surface area contributed by atoms with Gasteiger partial charge in [0.15, 0.2) is 0 Å². The van der Waals surface area contributed by atoms with E-state index in [1.807, 2.05) is 12.1 Å². The summed E-state index contributed by atoms with van der Waals surface area (Å²) in [5.41, 5.74) is 8.54. The molecule has 132 valence electrons. The van der Waals surface area contributed by atoms with Gasteiger partial charge < -0.3 is 20.1 Å². The van der Waals surface area contributed by atoms with Crippen LogP contribution in [0.15, 0.2) is 30.3 Å². The van der Waals surface area contributed by atoms with Gasteiger partial charge in [-0.05, 0) is 43.7 Å². The maximum atomic E-state index is 13.1. The third kappa shape index (κ3) is 3.27. The quantitative estimate of drug-likeness (QED) is 0.926. The van der Waals surface area contributed by atoms with Crippen LogP contribution in [-0.4, -0.2) is 30.7 Å². The minimum Gasteiger partial charge on any atom is -0.396 e. The van der Waals surface area contributed by atoms with Crippen molar-refractivity contribution in [3.05, 3.63) is 41.8 Å². The molecule has 1 fully saturated rings. The summed E-state index contributed by atoms with van der Waals surface area (Å²) >= 11 is 0. The fourth-order valence-electron chi connectivity index (χ4n) is 3.41. The highest BCUT2D eigenvalue weighted by molar-refractivity contribution is 5.69. The van der Waals surface area contributed by atoms with Crippen LogP contribution in [0.1, 0.15) is 32.0 Å². The predicted molar refractivity (Wildman–Crippen MR) is 99.4 cm³/mol. The number of hydrogen-bond acceptors (Lipinski definition) is 4. The molecule has 1 atom stereocenters. The summed E-state index contributed by atoms with van der Waals surface area (Å²) in [6, 6.07) is 10.9. The smallest absolute Gasteiger partial charge is 0.133 e. The number of halogens is 1. The molecule has 0 unspecified atom stereocenters. The van der Waals surface area contributed by atoms with Gasteiger partial charge in [0, 0.05) is 37.9 Å². The van der Waals surface area contributed by atoms with Crippen molar-refractivity contribution in [2.24, 2.45) is 0 Å². The molecule has 1 aliphatic heterocycles. The summed E-state index contributed by atoms with van der Waals surface area (Å²) < 4.78 is 15.2. The standard InChI is InChI=1S/C19H24FN5/c1-3-14(2)25-17(13-21)12-18(22)19(25)24-10-8-23(9-11-24)16-6-4-15(20)5-7-16/h4-7,12,14H,3,8-11,22H2,1-2H3/t14-/m1/s1. The first-order valence-electron chi connectivity index (χ1n) is 8.71. The normalized spacial score (nSPS) is 15.9. The Bertz CT molecular complexity index is 766. The van der Waals surface area contributed by atoms with E-state index in [-0.39, 0.29) is 11.9 Å². The zero-order valence-electron chi connectivity index (χ0n) is 14.7. The zero-order chi connectivity index (χ0) is 18.0. The molecule has 0 radical (unpaired) electrons. The fraction of sp³-hybridized carbons (Fsp3) is 0.421. The van der Waals surface area contributed by atoms with Crippen molar-refractivity contribution >= 4 is 17.2 Å². The average molecular weight is 341 g/mol. The van der Waals surface area contributed by atoms with Gasteiger partial charge in [-0.15, -0.1) is 0 Å². The van der Waals surface area contributed by atoms with Gasteiger partial charge in [-0.2, -0.15) is 5.26 Å². The molecule has 5 nitrogen and oxygen atoms in total. The first-order chi connectivity index (χ1) is 12.0. The van der Waals surface area contributed by atoms with E-state index in [9.17, 15) is 9.65 Å². The van der Waals surface area contributed by atoms with Crippen LogP contribution in [0, 0.1) is 17.1 Å². The Morgan fingerprint density at radius 1 is 1.16 bits per heavy atom. The monoisotopic (exact) mass is 341 g/mol. The summed E-state index contributed by atoms with van der Waals surface area (Å²) in [4.78, 5) is 4.50. The molecule has 1 aromatic heterocycles. The highest BCUT2D eigenvalue weighted by Crippen LogP contribution is 2.33. The van der Waals surface area contributed by atoms with Crippen LogP contribution >= 0.6 is 0 Å². The SMILES string of the molecule is CC[C@@H](C)n1c(C#N)cc(N)c1N1CCN(c2ccc(F)cc2)CC1. The first kappa shape index (κ1) is 17.2. The number of nitrogens with two attached hydrogens (primary N) is 1. The summed E-state index contributed by atoms with van der Waals surface area (Å²) in [5, 5.41) is 9.43. The number of nitriles is 1. The second-order valence-electron chi connectivity index (χ2n) is 6.50. The Morgan fingerprint density at radius 3 is 2.32 bits per heavy atom. The average Bonchev–Trinajstić information content (AvgIpc) is 2.98. The van der Waals surface area contributed by atoms with Crippen LogP contribution in [0.25, 0.3) is 0 Å². The van der Waals surface area contributed by atoms with E-state index in [1.54, 1.807) is 6.07 Å². The van der Waals surface area contributed by atoms with Crippen molar-refractivity contribution < 1.29 is 4.39 Å². The molecule has 0 amide bonds. The van der Waals surface area contributed by atoms with Crippen LogP contribution in [0.5, 0.6) is 0 Å². The lowest BCUT2D eigenvalue weighted by molar-refractivity contribution is 0.517. The van der Waals surface area contributed by atoms with E-state index in [0.717, 1.165) is 44.1 Å². The largest absolute Gasteiger partial charge is 0.396 e. The van der Waals surface area contributed by atoms with Crippen LogP contribution in [0.3, 0.4) is 0 Å². The number of nitrogen functional groups attached to an aromatic ring is 1. The topological polar surface area (TPSA) is 61.2 Å². The second kappa shape index (κ2) is 7.06. The number of nitrogens with zero attached hydrogens (tertiary/aromatic N) is 4. The molecular formula is C19H24FN5. The van der Waals surface area contributed by atoms with Crippen LogP contribution in [-0.2, 0) is 0 Å². The molecule has 25 heavy (non-hydrogen) atoms. The number of hydrogen-bond donors (Lipinski definition) is 1. The highest BCUT2D eigenvalue weighted by atomic mass is 19.1. The van der Waals surface area contributed by atoms with Crippen molar-refractivity contribution in [1.82, 2.24) is 4.57 Å². The summed E-state index contributed by atoms with van der Waals surface area (Å²) in [5.74, 6) is 0.732. The van der Waals surface area contributed by atoms with E-state index >= 15 is 0 Å². The number of anilines is 3. The van der Waals surface area contributed by atoms with E-state index < -0.39 is 0 Å². The molecule has 1 aromatic carbocycles. The van der Waals surface area contributed by atoms with E-state index in [2.05, 4.69) is 34.3 Å². The maximum absolute atomic E-state index is 13.1. The molecule has 0 saturated carbocycles. The first-order valence-corrected chi connectivity index (χ1v) is 8.71. The summed E-state index contributed by atoms with van der Waals surface area (Å²) in [6.07, 6.45) is 0.936. The van der Waals surface area contributed by atoms with E-state index in [4.69, 9.17) is 5.73 Å². The third-order valence-electron chi connectivity index (χ3n) is 4.96. The zero-order valence-corrected chi connectivity index (χ0v) is 14.7. The number of aromatic nitrogens is 1.